The van der Waals surface area contributed by atoms with Gasteiger partial charge in [0.1, 0.15) is 17.2 Å². The van der Waals surface area contributed by atoms with E-state index in [1.54, 1.807) is 32.4 Å². The molecule has 0 heterocycles. The molecule has 0 radical (unpaired) electrons. The number of anilines is 1. The fraction of sp³-hybridized carbons (Fsp3) is 0.278. The van der Waals surface area contributed by atoms with Crippen LogP contribution in [0.15, 0.2) is 36.4 Å². The predicted octanol–water partition coefficient (Wildman–Crippen LogP) is 3.34. The van der Waals surface area contributed by atoms with Crippen molar-refractivity contribution in [3.8, 4) is 17.2 Å². The van der Waals surface area contributed by atoms with E-state index >= 15 is 0 Å². The van der Waals surface area contributed by atoms with Gasteiger partial charge in [0, 0.05) is 6.07 Å². The molecule has 2 aromatic rings. The Morgan fingerprint density at radius 2 is 1.74 bits per heavy atom. The van der Waals surface area contributed by atoms with Crippen LogP contribution >= 0.6 is 0 Å². The standard InChI is InChI=1S/C18H21NO4/c1-12-6-5-7-13(2)18(12)23-11-17(20)19-15-10-14(21-3)8-9-16(15)22-4/h5-10H,11H2,1-4H3,(H,19,20). The van der Waals surface area contributed by atoms with Crippen LogP contribution in [0, 0.1) is 13.8 Å². The van der Waals surface area contributed by atoms with Crippen molar-refractivity contribution in [2.75, 3.05) is 26.1 Å². The van der Waals surface area contributed by atoms with E-state index in [-0.39, 0.29) is 12.5 Å². The molecule has 1 amide bonds. The lowest BCUT2D eigenvalue weighted by Crippen LogP contribution is -2.21. The highest BCUT2D eigenvalue weighted by Crippen LogP contribution is 2.29. The van der Waals surface area contributed by atoms with Gasteiger partial charge in [-0.3, -0.25) is 4.79 Å². The molecule has 5 heteroatoms. The smallest absolute Gasteiger partial charge is 0.262 e. The molecular weight excluding hydrogens is 294 g/mol. The van der Waals surface area contributed by atoms with Gasteiger partial charge in [-0.25, -0.2) is 0 Å². The van der Waals surface area contributed by atoms with Gasteiger partial charge in [-0.05, 0) is 37.1 Å². The molecule has 0 saturated heterocycles. The van der Waals surface area contributed by atoms with Gasteiger partial charge in [-0.2, -0.15) is 0 Å². The van der Waals surface area contributed by atoms with Crippen molar-refractivity contribution in [3.05, 3.63) is 47.5 Å². The van der Waals surface area contributed by atoms with Gasteiger partial charge in [0.05, 0.1) is 19.9 Å². The van der Waals surface area contributed by atoms with E-state index in [0.29, 0.717) is 17.2 Å². The van der Waals surface area contributed by atoms with Gasteiger partial charge < -0.3 is 19.5 Å². The SMILES string of the molecule is COc1ccc(OC)c(NC(=O)COc2c(C)cccc2C)c1. The number of aryl methyl sites for hydroxylation is 2. The number of hydrogen-bond donors (Lipinski definition) is 1. The number of carbonyl (C=O) groups excluding carboxylic acids is 1. The maximum Gasteiger partial charge on any atom is 0.262 e. The first-order valence-electron chi connectivity index (χ1n) is 7.26. The molecule has 5 nitrogen and oxygen atoms in total. The number of ether oxygens (including phenoxy) is 3. The lowest BCUT2D eigenvalue weighted by molar-refractivity contribution is -0.118. The third kappa shape index (κ3) is 4.16. The number of para-hydroxylation sites is 1. The lowest BCUT2D eigenvalue weighted by atomic mass is 10.1. The lowest BCUT2D eigenvalue weighted by Gasteiger charge is -2.14. The summed E-state index contributed by atoms with van der Waals surface area (Å²) in [4.78, 5) is 12.1. The van der Waals surface area contributed by atoms with Crippen LogP contribution in [0.2, 0.25) is 0 Å². The number of carbonyl (C=O) groups is 1. The zero-order valence-electron chi connectivity index (χ0n) is 13.8. The van der Waals surface area contributed by atoms with E-state index in [9.17, 15) is 4.79 Å². The zero-order valence-corrected chi connectivity index (χ0v) is 13.8. The molecule has 0 fully saturated rings. The minimum Gasteiger partial charge on any atom is -0.497 e. The summed E-state index contributed by atoms with van der Waals surface area (Å²) >= 11 is 0. The maximum atomic E-state index is 12.1. The van der Waals surface area contributed by atoms with Crippen LogP contribution in [0.25, 0.3) is 0 Å². The van der Waals surface area contributed by atoms with Crippen molar-refractivity contribution in [1.29, 1.82) is 0 Å². The molecule has 0 spiro atoms. The molecule has 0 atom stereocenters. The summed E-state index contributed by atoms with van der Waals surface area (Å²) in [6.07, 6.45) is 0. The molecule has 2 rings (SSSR count). The number of benzene rings is 2. The van der Waals surface area contributed by atoms with Crippen LogP contribution in [0.1, 0.15) is 11.1 Å². The van der Waals surface area contributed by atoms with Gasteiger partial charge in [0.2, 0.25) is 0 Å². The van der Waals surface area contributed by atoms with Crippen molar-refractivity contribution in [3.63, 3.8) is 0 Å². The third-order valence-electron chi connectivity index (χ3n) is 3.44. The van der Waals surface area contributed by atoms with Crippen molar-refractivity contribution >= 4 is 11.6 Å². The highest BCUT2D eigenvalue weighted by molar-refractivity contribution is 5.93. The van der Waals surface area contributed by atoms with Gasteiger partial charge in [-0.15, -0.1) is 0 Å². The summed E-state index contributed by atoms with van der Waals surface area (Å²) in [7, 11) is 3.11. The van der Waals surface area contributed by atoms with Gasteiger partial charge in [0.15, 0.2) is 6.61 Å². The second-order valence-electron chi connectivity index (χ2n) is 5.12. The molecule has 0 aliphatic rings. The van der Waals surface area contributed by atoms with Gasteiger partial charge in [0.25, 0.3) is 5.91 Å². The average molecular weight is 315 g/mol. The van der Waals surface area contributed by atoms with Crippen LogP contribution < -0.4 is 19.5 Å². The van der Waals surface area contributed by atoms with E-state index in [1.165, 1.54) is 0 Å². The molecule has 1 N–H and O–H groups in total. The molecular formula is C18H21NO4. The van der Waals surface area contributed by atoms with E-state index in [1.807, 2.05) is 32.0 Å². The summed E-state index contributed by atoms with van der Waals surface area (Å²) in [5.41, 5.74) is 2.54. The first kappa shape index (κ1) is 16.7. The van der Waals surface area contributed by atoms with E-state index in [4.69, 9.17) is 14.2 Å². The van der Waals surface area contributed by atoms with Crippen LogP contribution in [0.4, 0.5) is 5.69 Å². The Bertz CT molecular complexity index is 677. The quantitative estimate of drug-likeness (QED) is 0.888. The Morgan fingerprint density at radius 1 is 1.04 bits per heavy atom. The molecule has 0 bridgehead atoms. The normalized spacial score (nSPS) is 10.1. The van der Waals surface area contributed by atoms with Crippen molar-refractivity contribution in [1.82, 2.24) is 0 Å². The van der Waals surface area contributed by atoms with Gasteiger partial charge >= 0.3 is 0 Å². The summed E-state index contributed by atoms with van der Waals surface area (Å²) < 4.78 is 16.0. The number of rotatable bonds is 6. The first-order chi connectivity index (χ1) is 11.0. The van der Waals surface area contributed by atoms with Crippen LogP contribution in [-0.4, -0.2) is 26.7 Å². The largest absolute Gasteiger partial charge is 0.497 e. The Labute approximate surface area is 136 Å². The summed E-state index contributed by atoms with van der Waals surface area (Å²) in [6.45, 7) is 3.82. The Hall–Kier alpha value is -2.69. The Kier molecular flexibility index (Phi) is 5.46. The molecule has 122 valence electrons. The number of methoxy groups -OCH3 is 2. The Morgan fingerprint density at radius 3 is 2.35 bits per heavy atom. The highest BCUT2D eigenvalue weighted by atomic mass is 16.5. The average Bonchev–Trinajstić information content (AvgIpc) is 2.54. The fourth-order valence-corrected chi connectivity index (χ4v) is 2.26. The maximum absolute atomic E-state index is 12.1. The minimum absolute atomic E-state index is 0.0773. The molecule has 0 saturated carbocycles. The molecule has 0 aliphatic carbocycles. The topological polar surface area (TPSA) is 56.8 Å². The van der Waals surface area contributed by atoms with Crippen LogP contribution in [0.5, 0.6) is 17.2 Å². The zero-order chi connectivity index (χ0) is 16.8. The predicted molar refractivity (Wildman–Crippen MR) is 89.6 cm³/mol. The van der Waals surface area contributed by atoms with Crippen LogP contribution in [-0.2, 0) is 4.79 Å². The van der Waals surface area contributed by atoms with Gasteiger partial charge in [-0.1, -0.05) is 18.2 Å². The summed E-state index contributed by atoms with van der Waals surface area (Å²) in [6, 6.07) is 11.1. The minimum atomic E-state index is -0.265. The second-order valence-corrected chi connectivity index (χ2v) is 5.12. The van der Waals surface area contributed by atoms with Crippen LogP contribution in [0.3, 0.4) is 0 Å². The molecule has 0 aliphatic heterocycles. The first-order valence-corrected chi connectivity index (χ1v) is 7.26. The monoisotopic (exact) mass is 315 g/mol. The highest BCUT2D eigenvalue weighted by Gasteiger charge is 2.11. The van der Waals surface area contributed by atoms with E-state index < -0.39 is 0 Å². The van der Waals surface area contributed by atoms with Crippen molar-refractivity contribution < 1.29 is 19.0 Å². The number of hydrogen-bond acceptors (Lipinski definition) is 4. The molecule has 0 unspecified atom stereocenters. The fourth-order valence-electron chi connectivity index (χ4n) is 2.26. The Balaban J connectivity index is 2.05. The van der Waals surface area contributed by atoms with E-state index in [2.05, 4.69) is 5.32 Å². The summed E-state index contributed by atoms with van der Waals surface area (Å²) in [5, 5.41) is 2.78. The number of amides is 1. The summed E-state index contributed by atoms with van der Waals surface area (Å²) in [5.74, 6) is 1.67. The second kappa shape index (κ2) is 7.54. The third-order valence-corrected chi connectivity index (χ3v) is 3.44. The van der Waals surface area contributed by atoms with E-state index in [0.717, 1.165) is 16.9 Å². The van der Waals surface area contributed by atoms with Crippen molar-refractivity contribution in [2.45, 2.75) is 13.8 Å². The van der Waals surface area contributed by atoms with Crippen molar-refractivity contribution in [2.24, 2.45) is 0 Å². The molecule has 2 aromatic carbocycles. The number of nitrogens with one attached hydrogen (secondary N) is 1. The molecule has 23 heavy (non-hydrogen) atoms. The molecule has 0 aromatic heterocycles.